The maximum atomic E-state index is 13.6. The number of rotatable bonds is 8. The van der Waals surface area contributed by atoms with Gasteiger partial charge in [-0.2, -0.15) is 17.5 Å². The predicted molar refractivity (Wildman–Crippen MR) is 172 cm³/mol. The Kier molecular flexibility index (Phi) is 10.0. The second-order valence-corrected chi connectivity index (χ2v) is 13.6. The minimum Gasteiger partial charge on any atom is -0.495 e. The lowest BCUT2D eigenvalue weighted by atomic mass is 10.0. The predicted octanol–water partition coefficient (Wildman–Crippen LogP) is 4.03. The van der Waals surface area contributed by atoms with Gasteiger partial charge in [0.2, 0.25) is 15.9 Å². The third kappa shape index (κ3) is 7.71. The van der Waals surface area contributed by atoms with Gasteiger partial charge in [0.05, 0.1) is 35.4 Å². The standard InChI is InChI=1S/C32H39F3N6O4S/c1-23(42)39-16-18-40(19-17-39)46(43,44)26-9-10-29(31(21-26)45-3)36-13-5-6-25-20-27-28(37-24-11-14-38(2)15-12-24)7-4-8-30(27)41(25)22-32(33,34)35/h4,7-10,20-21,24,36-37H,11-19,22H2,1-3H3. The lowest BCUT2D eigenvalue weighted by Gasteiger charge is -2.33. The number of carbonyl (C=O) groups excluding carboxylic acids is 1. The molecular formula is C32H39F3N6O4S. The Morgan fingerprint density at radius 2 is 1.74 bits per heavy atom. The van der Waals surface area contributed by atoms with Crippen LogP contribution in [0.1, 0.15) is 25.5 Å². The number of piperidine rings is 1. The molecule has 0 spiro atoms. The SMILES string of the molecule is COc1cc(S(=O)(=O)N2CCN(C(C)=O)CC2)ccc1NCC#Cc1cc2c(NC3CCN(C)CC3)cccc2n1CC(F)(F)F. The number of alkyl halides is 3. The molecule has 1 aromatic heterocycles. The average Bonchev–Trinajstić information content (AvgIpc) is 3.36. The van der Waals surface area contributed by atoms with Crippen LogP contribution < -0.4 is 15.4 Å². The molecule has 1 amide bonds. The molecule has 5 rings (SSSR count). The van der Waals surface area contributed by atoms with Gasteiger partial charge in [-0.05, 0) is 69.2 Å². The Morgan fingerprint density at radius 3 is 2.39 bits per heavy atom. The average molecular weight is 661 g/mol. The first kappa shape index (κ1) is 33.4. The Morgan fingerprint density at radius 1 is 1.02 bits per heavy atom. The first-order valence-electron chi connectivity index (χ1n) is 15.2. The summed E-state index contributed by atoms with van der Waals surface area (Å²) in [6, 6.07) is 11.7. The minimum atomic E-state index is -4.44. The molecule has 3 aromatic rings. The highest BCUT2D eigenvalue weighted by Crippen LogP contribution is 2.32. The molecule has 0 bridgehead atoms. The number of carbonyl (C=O) groups is 1. The number of anilines is 2. The van der Waals surface area contributed by atoms with Gasteiger partial charge >= 0.3 is 6.18 Å². The molecule has 2 fully saturated rings. The maximum Gasteiger partial charge on any atom is 0.406 e. The summed E-state index contributed by atoms with van der Waals surface area (Å²) in [4.78, 5) is 15.5. The lowest BCUT2D eigenvalue weighted by molar-refractivity contribution is -0.140. The summed E-state index contributed by atoms with van der Waals surface area (Å²) in [5, 5.41) is 7.30. The Hall–Kier alpha value is -3.93. The van der Waals surface area contributed by atoms with Crippen LogP contribution in [-0.2, 0) is 21.4 Å². The molecule has 0 saturated carbocycles. The number of piperazine rings is 1. The summed E-state index contributed by atoms with van der Waals surface area (Å²) in [5.74, 6) is 6.00. The van der Waals surface area contributed by atoms with E-state index in [1.807, 2.05) is 6.07 Å². The number of amides is 1. The third-order valence-electron chi connectivity index (χ3n) is 8.44. The number of halogens is 3. The number of methoxy groups -OCH3 is 1. The number of hydrogen-bond acceptors (Lipinski definition) is 7. The second-order valence-electron chi connectivity index (χ2n) is 11.6. The molecule has 14 heteroatoms. The number of likely N-dealkylation sites (tertiary alicyclic amines) is 1. The Balaban J connectivity index is 1.32. The summed E-state index contributed by atoms with van der Waals surface area (Å²) in [7, 11) is -0.320. The summed E-state index contributed by atoms with van der Waals surface area (Å²) in [6.07, 6.45) is -2.54. The molecule has 0 radical (unpaired) electrons. The number of hydrogen-bond donors (Lipinski definition) is 2. The number of sulfonamides is 1. The van der Waals surface area contributed by atoms with Crippen LogP contribution in [0.15, 0.2) is 47.4 Å². The Labute approximate surface area is 267 Å². The van der Waals surface area contributed by atoms with E-state index >= 15 is 0 Å². The van der Waals surface area contributed by atoms with Gasteiger partial charge in [0.1, 0.15) is 12.3 Å². The summed E-state index contributed by atoms with van der Waals surface area (Å²) < 4.78 is 75.4. The molecular weight excluding hydrogens is 621 g/mol. The van der Waals surface area contributed by atoms with Gasteiger partial charge in [-0.25, -0.2) is 8.42 Å². The number of fused-ring (bicyclic) bond motifs is 1. The van der Waals surface area contributed by atoms with E-state index in [4.69, 9.17) is 4.74 Å². The minimum absolute atomic E-state index is 0.0542. The highest BCUT2D eigenvalue weighted by atomic mass is 32.2. The van der Waals surface area contributed by atoms with E-state index in [1.54, 1.807) is 29.2 Å². The zero-order chi connectivity index (χ0) is 33.1. The number of nitrogens with one attached hydrogen (secondary N) is 2. The van der Waals surface area contributed by atoms with Crippen LogP contribution in [0, 0.1) is 11.8 Å². The first-order valence-corrected chi connectivity index (χ1v) is 16.6. The molecule has 2 aliphatic heterocycles. The number of ether oxygens (including phenoxy) is 1. The summed E-state index contributed by atoms with van der Waals surface area (Å²) in [5.41, 5.74) is 1.96. The first-order chi connectivity index (χ1) is 21.9. The summed E-state index contributed by atoms with van der Waals surface area (Å²) >= 11 is 0. The zero-order valence-corrected chi connectivity index (χ0v) is 27.0. The molecule has 0 atom stereocenters. The molecule has 0 unspecified atom stereocenters. The molecule has 2 aliphatic rings. The van der Waals surface area contributed by atoms with Crippen LogP contribution in [0.4, 0.5) is 24.5 Å². The fraction of sp³-hybridized carbons (Fsp3) is 0.469. The van der Waals surface area contributed by atoms with Gasteiger partial charge in [0.15, 0.2) is 0 Å². The Bertz CT molecular complexity index is 1730. The van der Waals surface area contributed by atoms with E-state index < -0.39 is 22.7 Å². The van der Waals surface area contributed by atoms with Crippen LogP contribution in [0.3, 0.4) is 0 Å². The number of nitrogens with zero attached hydrogens (tertiary/aromatic N) is 4. The van der Waals surface area contributed by atoms with Gasteiger partial charge in [-0.3, -0.25) is 4.79 Å². The number of aromatic nitrogens is 1. The van der Waals surface area contributed by atoms with Gasteiger partial charge in [0.25, 0.3) is 0 Å². The quantitative estimate of drug-likeness (QED) is 0.352. The molecule has 248 valence electrons. The van der Waals surface area contributed by atoms with E-state index in [0.717, 1.165) is 31.6 Å². The fourth-order valence-corrected chi connectivity index (χ4v) is 7.32. The van der Waals surface area contributed by atoms with Crippen molar-refractivity contribution in [3.05, 3.63) is 48.2 Å². The summed E-state index contributed by atoms with van der Waals surface area (Å²) in [6.45, 7) is 3.30. The van der Waals surface area contributed by atoms with Crippen LogP contribution >= 0.6 is 0 Å². The van der Waals surface area contributed by atoms with Gasteiger partial charge in [0, 0.05) is 56.3 Å². The van der Waals surface area contributed by atoms with Crippen molar-refractivity contribution in [2.45, 2.75) is 43.4 Å². The van der Waals surface area contributed by atoms with Crippen LogP contribution in [-0.4, -0.2) is 105 Å². The normalized spacial score (nSPS) is 17.0. The fourth-order valence-electron chi connectivity index (χ4n) is 5.88. The van der Waals surface area contributed by atoms with Crippen LogP contribution in [0.25, 0.3) is 10.9 Å². The van der Waals surface area contributed by atoms with Gasteiger partial charge in [-0.15, -0.1) is 0 Å². The molecule has 2 aromatic carbocycles. The van der Waals surface area contributed by atoms with E-state index in [-0.39, 0.29) is 47.9 Å². The largest absolute Gasteiger partial charge is 0.495 e. The van der Waals surface area contributed by atoms with E-state index in [1.165, 1.54) is 35.0 Å². The van der Waals surface area contributed by atoms with Crippen molar-refractivity contribution in [3.63, 3.8) is 0 Å². The van der Waals surface area contributed by atoms with Crippen molar-refractivity contribution in [2.75, 3.05) is 70.6 Å². The van der Waals surface area contributed by atoms with E-state index in [0.29, 0.717) is 29.7 Å². The molecule has 2 N–H and O–H groups in total. The third-order valence-corrected chi connectivity index (χ3v) is 10.3. The van der Waals surface area contributed by atoms with E-state index in [2.05, 4.69) is 34.4 Å². The van der Waals surface area contributed by atoms with Gasteiger partial charge < -0.3 is 29.7 Å². The van der Waals surface area contributed by atoms with Crippen LogP contribution in [0.5, 0.6) is 5.75 Å². The van der Waals surface area contributed by atoms with Crippen molar-refractivity contribution in [2.24, 2.45) is 0 Å². The van der Waals surface area contributed by atoms with Crippen molar-refractivity contribution in [1.29, 1.82) is 0 Å². The molecule has 2 saturated heterocycles. The van der Waals surface area contributed by atoms with Crippen molar-refractivity contribution >= 4 is 38.2 Å². The topological polar surface area (TPSA) is 99.2 Å². The monoisotopic (exact) mass is 660 g/mol. The number of benzene rings is 2. The van der Waals surface area contributed by atoms with Crippen molar-refractivity contribution < 1.29 is 31.1 Å². The molecule has 10 nitrogen and oxygen atoms in total. The zero-order valence-electron chi connectivity index (χ0n) is 26.2. The van der Waals surface area contributed by atoms with Gasteiger partial charge in [-0.1, -0.05) is 12.0 Å². The highest BCUT2D eigenvalue weighted by molar-refractivity contribution is 7.89. The molecule has 46 heavy (non-hydrogen) atoms. The highest BCUT2D eigenvalue weighted by Gasteiger charge is 2.31. The van der Waals surface area contributed by atoms with Crippen molar-refractivity contribution in [1.82, 2.24) is 18.7 Å². The second kappa shape index (κ2) is 13.8. The molecule has 0 aliphatic carbocycles. The van der Waals surface area contributed by atoms with Crippen molar-refractivity contribution in [3.8, 4) is 17.6 Å². The maximum absolute atomic E-state index is 13.6. The lowest BCUT2D eigenvalue weighted by Crippen LogP contribution is -2.49. The van der Waals surface area contributed by atoms with Crippen LogP contribution in [0.2, 0.25) is 0 Å². The smallest absolute Gasteiger partial charge is 0.406 e. The molecule has 3 heterocycles. The van der Waals surface area contributed by atoms with E-state index in [9.17, 15) is 26.4 Å².